The molecule has 0 aliphatic carbocycles. The number of aromatic nitrogens is 1. The molecular formula is C13H13BrN2. The molecule has 2 nitrogen and oxygen atoms in total. The van der Waals surface area contributed by atoms with Gasteiger partial charge in [0.05, 0.1) is 11.9 Å². The van der Waals surface area contributed by atoms with Crippen molar-refractivity contribution in [1.82, 2.24) is 4.98 Å². The molecule has 1 aromatic carbocycles. The Morgan fingerprint density at radius 3 is 2.50 bits per heavy atom. The van der Waals surface area contributed by atoms with Gasteiger partial charge < -0.3 is 4.90 Å². The van der Waals surface area contributed by atoms with Gasteiger partial charge in [0.15, 0.2) is 0 Å². The number of halogens is 1. The second-order valence-electron chi connectivity index (χ2n) is 3.44. The van der Waals surface area contributed by atoms with E-state index in [0.717, 1.165) is 16.7 Å². The summed E-state index contributed by atoms with van der Waals surface area (Å²) in [5, 5.41) is 0. The molecule has 0 spiro atoms. The first-order valence-electron chi connectivity index (χ1n) is 5.24. The molecule has 0 amide bonds. The van der Waals surface area contributed by atoms with Crippen LogP contribution in [0.4, 0.5) is 11.4 Å². The number of anilines is 2. The van der Waals surface area contributed by atoms with E-state index in [1.165, 1.54) is 5.69 Å². The van der Waals surface area contributed by atoms with Gasteiger partial charge in [-0.3, -0.25) is 4.98 Å². The van der Waals surface area contributed by atoms with Crippen molar-refractivity contribution in [2.75, 3.05) is 11.4 Å². The summed E-state index contributed by atoms with van der Waals surface area (Å²) in [5.74, 6) is 0. The molecule has 82 valence electrons. The molecular weight excluding hydrogens is 264 g/mol. The molecule has 0 aliphatic rings. The normalized spacial score (nSPS) is 10.1. The lowest BCUT2D eigenvalue weighted by Crippen LogP contribution is -2.15. The first-order chi connectivity index (χ1) is 7.81. The Balaban J connectivity index is 2.37. The predicted molar refractivity (Wildman–Crippen MR) is 71.1 cm³/mol. The highest BCUT2D eigenvalue weighted by Gasteiger charge is 2.06. The minimum atomic E-state index is 0.919. The topological polar surface area (TPSA) is 16.1 Å². The third kappa shape index (κ3) is 2.42. The van der Waals surface area contributed by atoms with Crippen LogP contribution in [0.25, 0.3) is 0 Å². The smallest absolute Gasteiger partial charge is 0.0608 e. The fourth-order valence-electron chi connectivity index (χ4n) is 1.67. The van der Waals surface area contributed by atoms with Crippen LogP contribution in [-0.2, 0) is 0 Å². The fourth-order valence-corrected chi connectivity index (χ4v) is 2.02. The van der Waals surface area contributed by atoms with Crippen LogP contribution in [0.1, 0.15) is 6.92 Å². The van der Waals surface area contributed by atoms with Crippen LogP contribution >= 0.6 is 15.9 Å². The van der Waals surface area contributed by atoms with Crippen molar-refractivity contribution < 1.29 is 0 Å². The molecule has 2 rings (SSSR count). The molecule has 0 N–H and O–H groups in total. The van der Waals surface area contributed by atoms with E-state index in [1.807, 2.05) is 24.4 Å². The van der Waals surface area contributed by atoms with Gasteiger partial charge in [0.2, 0.25) is 0 Å². The Morgan fingerprint density at radius 1 is 1.12 bits per heavy atom. The molecule has 0 unspecified atom stereocenters. The molecule has 0 fully saturated rings. The van der Waals surface area contributed by atoms with Crippen LogP contribution in [0.5, 0.6) is 0 Å². The average Bonchev–Trinajstić information content (AvgIpc) is 2.31. The first-order valence-corrected chi connectivity index (χ1v) is 6.03. The van der Waals surface area contributed by atoms with Crippen LogP contribution in [0, 0.1) is 0 Å². The van der Waals surface area contributed by atoms with Crippen molar-refractivity contribution in [3.8, 4) is 0 Å². The first kappa shape index (κ1) is 11.1. The summed E-state index contributed by atoms with van der Waals surface area (Å²) >= 11 is 3.44. The van der Waals surface area contributed by atoms with Crippen LogP contribution < -0.4 is 4.90 Å². The fraction of sp³-hybridized carbons (Fsp3) is 0.154. The lowest BCUT2D eigenvalue weighted by Gasteiger charge is -2.22. The number of pyridine rings is 1. The van der Waals surface area contributed by atoms with E-state index in [1.54, 1.807) is 6.20 Å². The number of benzene rings is 1. The predicted octanol–water partition coefficient (Wildman–Crippen LogP) is 4.00. The third-order valence-electron chi connectivity index (χ3n) is 2.39. The molecule has 0 radical (unpaired) electrons. The van der Waals surface area contributed by atoms with Crippen molar-refractivity contribution in [2.45, 2.75) is 6.92 Å². The van der Waals surface area contributed by atoms with E-state index in [0.29, 0.717) is 0 Å². The van der Waals surface area contributed by atoms with Crippen molar-refractivity contribution in [2.24, 2.45) is 0 Å². The van der Waals surface area contributed by atoms with E-state index in [2.05, 4.69) is 50.9 Å². The Bertz CT molecular complexity index is 456. The van der Waals surface area contributed by atoms with Gasteiger partial charge in [-0.25, -0.2) is 0 Å². The van der Waals surface area contributed by atoms with Gasteiger partial charge >= 0.3 is 0 Å². The number of hydrogen-bond acceptors (Lipinski definition) is 2. The quantitative estimate of drug-likeness (QED) is 0.842. The Hall–Kier alpha value is -1.35. The SMILES string of the molecule is CCN(c1ccccc1)c1cncc(Br)c1. The van der Waals surface area contributed by atoms with E-state index in [4.69, 9.17) is 0 Å². The molecule has 0 saturated carbocycles. The van der Waals surface area contributed by atoms with Crippen LogP contribution in [-0.4, -0.2) is 11.5 Å². The van der Waals surface area contributed by atoms with Crippen molar-refractivity contribution >= 4 is 27.3 Å². The number of hydrogen-bond donors (Lipinski definition) is 0. The summed E-state index contributed by atoms with van der Waals surface area (Å²) in [6.45, 7) is 3.05. The molecule has 2 aromatic rings. The Kier molecular flexibility index (Phi) is 3.57. The van der Waals surface area contributed by atoms with Gasteiger partial charge in [-0.2, -0.15) is 0 Å². The zero-order valence-corrected chi connectivity index (χ0v) is 10.7. The van der Waals surface area contributed by atoms with E-state index in [9.17, 15) is 0 Å². The van der Waals surface area contributed by atoms with Gasteiger partial charge in [0, 0.05) is 22.9 Å². The van der Waals surface area contributed by atoms with Crippen LogP contribution in [0.2, 0.25) is 0 Å². The van der Waals surface area contributed by atoms with Crippen molar-refractivity contribution in [3.63, 3.8) is 0 Å². The van der Waals surface area contributed by atoms with Gasteiger partial charge in [-0.1, -0.05) is 18.2 Å². The average molecular weight is 277 g/mol. The van der Waals surface area contributed by atoms with Crippen molar-refractivity contribution in [1.29, 1.82) is 0 Å². The molecule has 0 aliphatic heterocycles. The minimum Gasteiger partial charge on any atom is -0.340 e. The second-order valence-corrected chi connectivity index (χ2v) is 4.36. The monoisotopic (exact) mass is 276 g/mol. The summed E-state index contributed by atoms with van der Waals surface area (Å²) in [7, 11) is 0. The lowest BCUT2D eigenvalue weighted by atomic mass is 10.2. The number of nitrogens with zero attached hydrogens (tertiary/aromatic N) is 2. The molecule has 1 aromatic heterocycles. The van der Waals surface area contributed by atoms with Gasteiger partial charge in [-0.15, -0.1) is 0 Å². The summed E-state index contributed by atoms with van der Waals surface area (Å²) in [6, 6.07) is 12.4. The van der Waals surface area contributed by atoms with E-state index >= 15 is 0 Å². The third-order valence-corrected chi connectivity index (χ3v) is 2.82. The van der Waals surface area contributed by atoms with Crippen LogP contribution in [0.15, 0.2) is 53.3 Å². The molecule has 3 heteroatoms. The Morgan fingerprint density at radius 2 is 1.88 bits per heavy atom. The maximum absolute atomic E-state index is 4.19. The minimum absolute atomic E-state index is 0.919. The maximum Gasteiger partial charge on any atom is 0.0608 e. The number of rotatable bonds is 3. The van der Waals surface area contributed by atoms with Gasteiger partial charge in [-0.05, 0) is 41.1 Å². The highest BCUT2D eigenvalue weighted by molar-refractivity contribution is 9.10. The van der Waals surface area contributed by atoms with Crippen LogP contribution in [0.3, 0.4) is 0 Å². The number of para-hydroxylation sites is 1. The zero-order chi connectivity index (χ0) is 11.4. The molecule has 0 bridgehead atoms. The van der Waals surface area contributed by atoms with Crippen molar-refractivity contribution in [3.05, 3.63) is 53.3 Å². The summed E-state index contributed by atoms with van der Waals surface area (Å²) in [6.07, 6.45) is 3.67. The highest BCUT2D eigenvalue weighted by Crippen LogP contribution is 2.25. The largest absolute Gasteiger partial charge is 0.340 e. The molecule has 0 atom stereocenters. The van der Waals surface area contributed by atoms with Gasteiger partial charge in [0.1, 0.15) is 0 Å². The van der Waals surface area contributed by atoms with E-state index in [-0.39, 0.29) is 0 Å². The van der Waals surface area contributed by atoms with Gasteiger partial charge in [0.25, 0.3) is 0 Å². The summed E-state index contributed by atoms with van der Waals surface area (Å²) < 4.78 is 0.999. The maximum atomic E-state index is 4.19. The molecule has 16 heavy (non-hydrogen) atoms. The lowest BCUT2D eigenvalue weighted by molar-refractivity contribution is 1.01. The zero-order valence-electron chi connectivity index (χ0n) is 9.10. The highest BCUT2D eigenvalue weighted by atomic mass is 79.9. The summed E-state index contributed by atoms with van der Waals surface area (Å²) in [4.78, 5) is 6.41. The van der Waals surface area contributed by atoms with E-state index < -0.39 is 0 Å². The standard InChI is InChI=1S/C13H13BrN2/c1-2-16(12-6-4-3-5-7-12)13-8-11(14)9-15-10-13/h3-10H,2H2,1H3. The Labute approximate surface area is 104 Å². The summed E-state index contributed by atoms with van der Waals surface area (Å²) in [5.41, 5.74) is 2.29. The second kappa shape index (κ2) is 5.12. The molecule has 1 heterocycles. The molecule has 0 saturated heterocycles.